The molecule has 68 valence electrons. The molecule has 0 aliphatic rings. The van der Waals surface area contributed by atoms with Gasteiger partial charge in [-0.3, -0.25) is 0 Å². The molecule has 3 nitrogen and oxygen atoms in total. The lowest BCUT2D eigenvalue weighted by Gasteiger charge is -2.03. The van der Waals surface area contributed by atoms with Crippen molar-refractivity contribution in [2.75, 3.05) is 0 Å². The van der Waals surface area contributed by atoms with E-state index >= 15 is 0 Å². The third-order valence-corrected chi connectivity index (χ3v) is 2.56. The number of aromatic amines is 1. The molecule has 0 bridgehead atoms. The average molecular weight is 175 g/mol. The molecule has 2 aromatic rings. The highest BCUT2D eigenvalue weighted by atomic mass is 15.0. The predicted molar refractivity (Wildman–Crippen MR) is 52.8 cm³/mol. The number of imidazole rings is 1. The molecule has 0 saturated heterocycles. The van der Waals surface area contributed by atoms with E-state index in [1.807, 2.05) is 13.8 Å². The Labute approximate surface area is 77.2 Å². The van der Waals surface area contributed by atoms with Gasteiger partial charge in [-0.25, -0.2) is 9.97 Å². The van der Waals surface area contributed by atoms with Crippen LogP contribution in [0.2, 0.25) is 0 Å². The van der Waals surface area contributed by atoms with E-state index in [1.54, 1.807) is 0 Å². The van der Waals surface area contributed by atoms with E-state index in [0.29, 0.717) is 0 Å². The fourth-order valence-electron chi connectivity index (χ4n) is 1.52. The van der Waals surface area contributed by atoms with Crippen LogP contribution in [-0.4, -0.2) is 15.0 Å². The zero-order valence-corrected chi connectivity index (χ0v) is 8.39. The largest absolute Gasteiger partial charge is 0.341 e. The Hall–Kier alpha value is -1.38. The van der Waals surface area contributed by atoms with E-state index in [2.05, 4.69) is 28.8 Å². The first-order chi connectivity index (χ1) is 6.09. The number of pyridine rings is 1. The monoisotopic (exact) mass is 175 g/mol. The first-order valence-corrected chi connectivity index (χ1v) is 4.39. The van der Waals surface area contributed by atoms with Gasteiger partial charge < -0.3 is 4.98 Å². The van der Waals surface area contributed by atoms with Gasteiger partial charge in [-0.2, -0.15) is 0 Å². The van der Waals surface area contributed by atoms with Gasteiger partial charge in [-0.05, 0) is 38.8 Å². The summed E-state index contributed by atoms with van der Waals surface area (Å²) in [6.07, 6.45) is 0. The van der Waals surface area contributed by atoms with E-state index < -0.39 is 0 Å². The van der Waals surface area contributed by atoms with Gasteiger partial charge in [0.2, 0.25) is 0 Å². The lowest BCUT2D eigenvalue weighted by molar-refractivity contribution is 1.14. The third kappa shape index (κ3) is 1.11. The minimum atomic E-state index is 0.832. The number of aryl methyl sites for hydroxylation is 3. The Balaban J connectivity index is 2.92. The van der Waals surface area contributed by atoms with Crippen LogP contribution in [0, 0.1) is 27.7 Å². The molecule has 0 aliphatic heterocycles. The molecule has 0 fully saturated rings. The molecular formula is C10H13N3. The molecular weight excluding hydrogens is 162 g/mol. The maximum Gasteiger partial charge on any atom is 0.178 e. The van der Waals surface area contributed by atoms with Crippen LogP contribution in [0.1, 0.15) is 22.6 Å². The average Bonchev–Trinajstić information content (AvgIpc) is 2.42. The fourth-order valence-corrected chi connectivity index (χ4v) is 1.52. The predicted octanol–water partition coefficient (Wildman–Crippen LogP) is 2.19. The minimum Gasteiger partial charge on any atom is -0.341 e. The van der Waals surface area contributed by atoms with Crippen LogP contribution in [0.4, 0.5) is 0 Å². The first-order valence-electron chi connectivity index (χ1n) is 4.39. The zero-order valence-electron chi connectivity index (χ0n) is 8.39. The normalized spacial score (nSPS) is 11.1. The summed E-state index contributed by atoms with van der Waals surface area (Å²) in [6, 6.07) is 0. The molecule has 0 aliphatic carbocycles. The quantitative estimate of drug-likeness (QED) is 0.666. The van der Waals surface area contributed by atoms with Gasteiger partial charge in [0.25, 0.3) is 0 Å². The van der Waals surface area contributed by atoms with Crippen molar-refractivity contribution in [1.29, 1.82) is 0 Å². The van der Waals surface area contributed by atoms with Gasteiger partial charge in [0, 0.05) is 5.69 Å². The summed E-state index contributed by atoms with van der Waals surface area (Å²) in [6.45, 7) is 8.16. The number of hydrogen-bond acceptors (Lipinski definition) is 2. The van der Waals surface area contributed by atoms with Crippen molar-refractivity contribution in [2.45, 2.75) is 27.7 Å². The van der Waals surface area contributed by atoms with Gasteiger partial charge in [-0.15, -0.1) is 0 Å². The van der Waals surface area contributed by atoms with Crippen LogP contribution in [0.5, 0.6) is 0 Å². The standard InChI is InChI=1S/C10H13N3/c1-5-6(2)9-10(11-7(5)3)13-8(4)12-9/h1-4H3,(H,11,12,13). The summed E-state index contributed by atoms with van der Waals surface area (Å²) in [7, 11) is 0. The molecule has 0 atom stereocenters. The molecule has 2 rings (SSSR count). The van der Waals surface area contributed by atoms with Crippen molar-refractivity contribution in [2.24, 2.45) is 0 Å². The number of nitrogens with zero attached hydrogens (tertiary/aromatic N) is 2. The second kappa shape index (κ2) is 2.55. The molecule has 0 unspecified atom stereocenters. The second-order valence-electron chi connectivity index (χ2n) is 3.47. The topological polar surface area (TPSA) is 41.6 Å². The van der Waals surface area contributed by atoms with Crippen LogP contribution in [-0.2, 0) is 0 Å². The summed E-state index contributed by atoms with van der Waals surface area (Å²) in [5, 5.41) is 0. The highest BCUT2D eigenvalue weighted by Crippen LogP contribution is 2.19. The first kappa shape index (κ1) is 8.23. The Morgan fingerprint density at radius 1 is 0.923 bits per heavy atom. The Morgan fingerprint density at radius 3 is 2.31 bits per heavy atom. The summed E-state index contributed by atoms with van der Waals surface area (Å²) >= 11 is 0. The number of aromatic nitrogens is 3. The molecule has 0 amide bonds. The summed E-state index contributed by atoms with van der Waals surface area (Å²) < 4.78 is 0. The van der Waals surface area contributed by atoms with Crippen molar-refractivity contribution < 1.29 is 0 Å². The van der Waals surface area contributed by atoms with E-state index in [9.17, 15) is 0 Å². The van der Waals surface area contributed by atoms with Gasteiger partial charge in [0.1, 0.15) is 5.82 Å². The van der Waals surface area contributed by atoms with Gasteiger partial charge in [0.15, 0.2) is 5.65 Å². The van der Waals surface area contributed by atoms with Crippen LogP contribution < -0.4 is 0 Å². The highest BCUT2D eigenvalue weighted by molar-refractivity contribution is 5.76. The molecule has 2 aromatic heterocycles. The smallest absolute Gasteiger partial charge is 0.178 e. The SMILES string of the molecule is Cc1nc2nc(C)c(C)c(C)c2[nH]1. The van der Waals surface area contributed by atoms with Gasteiger partial charge in [-0.1, -0.05) is 0 Å². The maximum atomic E-state index is 4.41. The molecule has 2 heterocycles. The number of nitrogens with one attached hydrogen (secondary N) is 1. The van der Waals surface area contributed by atoms with Crippen molar-refractivity contribution >= 4 is 11.2 Å². The Morgan fingerprint density at radius 2 is 1.62 bits per heavy atom. The number of H-pyrrole nitrogens is 1. The molecule has 0 aromatic carbocycles. The third-order valence-electron chi connectivity index (χ3n) is 2.56. The lowest BCUT2D eigenvalue weighted by Crippen LogP contribution is -1.92. The number of hydrogen-bond donors (Lipinski definition) is 1. The second-order valence-corrected chi connectivity index (χ2v) is 3.47. The van der Waals surface area contributed by atoms with Crippen LogP contribution >= 0.6 is 0 Å². The summed E-state index contributed by atoms with van der Waals surface area (Å²) in [4.78, 5) is 11.9. The van der Waals surface area contributed by atoms with E-state index in [-0.39, 0.29) is 0 Å². The van der Waals surface area contributed by atoms with Crippen molar-refractivity contribution in [1.82, 2.24) is 15.0 Å². The number of fused-ring (bicyclic) bond motifs is 1. The van der Waals surface area contributed by atoms with E-state index in [1.165, 1.54) is 11.1 Å². The van der Waals surface area contributed by atoms with Crippen LogP contribution in [0.15, 0.2) is 0 Å². The molecule has 0 radical (unpaired) electrons. The van der Waals surface area contributed by atoms with E-state index in [4.69, 9.17) is 0 Å². The van der Waals surface area contributed by atoms with E-state index in [0.717, 1.165) is 22.7 Å². The van der Waals surface area contributed by atoms with Crippen LogP contribution in [0.25, 0.3) is 11.2 Å². The highest BCUT2D eigenvalue weighted by Gasteiger charge is 2.08. The van der Waals surface area contributed by atoms with Crippen molar-refractivity contribution in [3.8, 4) is 0 Å². The number of rotatable bonds is 0. The minimum absolute atomic E-state index is 0.832. The van der Waals surface area contributed by atoms with Crippen molar-refractivity contribution in [3.05, 3.63) is 22.6 Å². The molecule has 1 N–H and O–H groups in total. The molecule has 0 saturated carbocycles. The summed E-state index contributed by atoms with van der Waals surface area (Å²) in [5.41, 5.74) is 5.47. The maximum absolute atomic E-state index is 4.41. The molecule has 3 heteroatoms. The van der Waals surface area contributed by atoms with Gasteiger partial charge in [0.05, 0.1) is 5.52 Å². The Kier molecular flexibility index (Phi) is 1.62. The Bertz CT molecular complexity index is 468. The van der Waals surface area contributed by atoms with Gasteiger partial charge >= 0.3 is 0 Å². The zero-order chi connectivity index (χ0) is 9.59. The molecule has 13 heavy (non-hydrogen) atoms. The lowest BCUT2D eigenvalue weighted by atomic mass is 10.1. The van der Waals surface area contributed by atoms with Crippen LogP contribution in [0.3, 0.4) is 0 Å². The molecule has 0 spiro atoms. The van der Waals surface area contributed by atoms with Crippen molar-refractivity contribution in [3.63, 3.8) is 0 Å². The fraction of sp³-hybridized carbons (Fsp3) is 0.400. The summed E-state index contributed by atoms with van der Waals surface area (Å²) in [5.74, 6) is 0.926.